The predicted molar refractivity (Wildman–Crippen MR) is 87.8 cm³/mol. The summed E-state index contributed by atoms with van der Waals surface area (Å²) in [6, 6.07) is 4.68. The van der Waals surface area contributed by atoms with Crippen LogP contribution in [0.4, 0.5) is 17.6 Å². The molecule has 1 aromatic heterocycles. The first kappa shape index (κ1) is 18.6. The third-order valence-electron chi connectivity index (χ3n) is 4.27. The van der Waals surface area contributed by atoms with E-state index in [-0.39, 0.29) is 17.9 Å². The number of H-pyrrole nitrogens is 1. The Morgan fingerprint density at radius 1 is 1.31 bits per heavy atom. The molecule has 1 heterocycles. The first-order valence-electron chi connectivity index (χ1n) is 7.75. The Balaban J connectivity index is 1.82. The Labute approximate surface area is 150 Å². The SMILES string of the molecule is Cc1nc(C(=O)CC2(c3ccc(SC(F)(F)F)c(F)c3)CC2)cc(=O)[nH]1. The van der Waals surface area contributed by atoms with E-state index in [0.29, 0.717) is 24.2 Å². The topological polar surface area (TPSA) is 62.8 Å². The van der Waals surface area contributed by atoms with Crippen LogP contribution in [-0.4, -0.2) is 21.3 Å². The Morgan fingerprint density at radius 2 is 2.00 bits per heavy atom. The van der Waals surface area contributed by atoms with Crippen molar-refractivity contribution < 1.29 is 22.4 Å². The van der Waals surface area contributed by atoms with E-state index >= 15 is 0 Å². The van der Waals surface area contributed by atoms with E-state index in [4.69, 9.17) is 0 Å². The van der Waals surface area contributed by atoms with Gasteiger partial charge in [0.15, 0.2) is 5.78 Å². The maximum absolute atomic E-state index is 14.0. The van der Waals surface area contributed by atoms with Gasteiger partial charge in [-0.15, -0.1) is 0 Å². The van der Waals surface area contributed by atoms with Crippen molar-refractivity contribution in [1.29, 1.82) is 0 Å². The summed E-state index contributed by atoms with van der Waals surface area (Å²) in [5, 5.41) is 0. The van der Waals surface area contributed by atoms with Gasteiger partial charge in [-0.1, -0.05) is 6.07 Å². The quantitative estimate of drug-likeness (QED) is 0.477. The van der Waals surface area contributed by atoms with Crippen LogP contribution >= 0.6 is 11.8 Å². The van der Waals surface area contributed by atoms with Crippen molar-refractivity contribution >= 4 is 17.5 Å². The lowest BCUT2D eigenvalue weighted by Gasteiger charge is -2.16. The zero-order chi connectivity index (χ0) is 19.1. The number of carbonyl (C=O) groups excluding carboxylic acids is 1. The molecule has 0 saturated heterocycles. The smallest absolute Gasteiger partial charge is 0.311 e. The molecule has 4 nitrogen and oxygen atoms in total. The van der Waals surface area contributed by atoms with Gasteiger partial charge < -0.3 is 4.98 Å². The highest BCUT2D eigenvalue weighted by atomic mass is 32.2. The number of halogens is 4. The third kappa shape index (κ3) is 4.14. The number of alkyl halides is 3. The van der Waals surface area contributed by atoms with Crippen LogP contribution in [0, 0.1) is 12.7 Å². The number of hydrogen-bond acceptors (Lipinski definition) is 4. The summed E-state index contributed by atoms with van der Waals surface area (Å²) in [5.41, 5.74) is -5.11. The Hall–Kier alpha value is -2.16. The van der Waals surface area contributed by atoms with Crippen molar-refractivity contribution in [2.24, 2.45) is 0 Å². The molecule has 9 heteroatoms. The summed E-state index contributed by atoms with van der Waals surface area (Å²) >= 11 is -0.509. The molecule has 1 fully saturated rings. The number of aromatic nitrogens is 2. The van der Waals surface area contributed by atoms with Gasteiger partial charge in [-0.2, -0.15) is 13.2 Å². The van der Waals surface area contributed by atoms with Gasteiger partial charge in [-0.3, -0.25) is 9.59 Å². The molecule has 1 N–H and O–H groups in total. The van der Waals surface area contributed by atoms with Crippen molar-refractivity contribution in [2.45, 2.75) is 42.0 Å². The molecule has 0 spiro atoms. The fourth-order valence-corrected chi connectivity index (χ4v) is 3.42. The minimum atomic E-state index is -4.57. The van der Waals surface area contributed by atoms with Gasteiger partial charge in [0.05, 0.1) is 4.90 Å². The van der Waals surface area contributed by atoms with Crippen LogP contribution in [0.5, 0.6) is 0 Å². The van der Waals surface area contributed by atoms with Crippen molar-refractivity contribution in [3.05, 3.63) is 57.5 Å². The van der Waals surface area contributed by atoms with Crippen molar-refractivity contribution in [2.75, 3.05) is 0 Å². The Kier molecular flexibility index (Phi) is 4.68. The minimum Gasteiger partial charge on any atom is -0.311 e. The number of ketones is 1. The van der Waals surface area contributed by atoms with Crippen LogP contribution in [-0.2, 0) is 5.41 Å². The van der Waals surface area contributed by atoms with Crippen molar-refractivity contribution in [1.82, 2.24) is 9.97 Å². The van der Waals surface area contributed by atoms with Crippen LogP contribution in [0.2, 0.25) is 0 Å². The summed E-state index contributed by atoms with van der Waals surface area (Å²) in [4.78, 5) is 29.9. The van der Waals surface area contributed by atoms with Gasteiger partial charge in [-0.25, -0.2) is 9.37 Å². The van der Waals surface area contributed by atoms with Crippen molar-refractivity contribution in [3.63, 3.8) is 0 Å². The van der Waals surface area contributed by atoms with Gasteiger partial charge in [0, 0.05) is 17.9 Å². The van der Waals surface area contributed by atoms with E-state index in [9.17, 15) is 27.2 Å². The number of hydrogen-bond donors (Lipinski definition) is 1. The van der Waals surface area contributed by atoms with Gasteiger partial charge in [0.25, 0.3) is 5.56 Å². The lowest BCUT2D eigenvalue weighted by atomic mass is 9.89. The summed E-state index contributed by atoms with van der Waals surface area (Å²) in [7, 11) is 0. The van der Waals surface area contributed by atoms with Crippen LogP contribution in [0.25, 0.3) is 0 Å². The molecule has 0 unspecified atom stereocenters. The van der Waals surface area contributed by atoms with Crippen LogP contribution in [0.3, 0.4) is 0 Å². The molecular formula is C17H14F4N2O2S. The summed E-state index contributed by atoms with van der Waals surface area (Å²) in [6.45, 7) is 1.55. The minimum absolute atomic E-state index is 0.0219. The lowest BCUT2D eigenvalue weighted by molar-refractivity contribution is -0.0329. The highest BCUT2D eigenvalue weighted by Crippen LogP contribution is 2.52. The molecule has 138 valence electrons. The lowest BCUT2D eigenvalue weighted by Crippen LogP contribution is -2.19. The summed E-state index contributed by atoms with van der Waals surface area (Å²) in [5.74, 6) is -1.01. The van der Waals surface area contributed by atoms with Crippen molar-refractivity contribution in [3.8, 4) is 0 Å². The number of rotatable bonds is 5. The molecule has 2 aromatic rings. The molecule has 0 amide bonds. The Bertz CT molecular complexity index is 920. The van der Waals surface area contributed by atoms with Gasteiger partial charge in [-0.05, 0) is 49.2 Å². The highest BCUT2D eigenvalue weighted by molar-refractivity contribution is 8.00. The second-order valence-corrected chi connectivity index (χ2v) is 7.40. The number of benzene rings is 1. The molecule has 1 aliphatic carbocycles. The molecule has 1 aliphatic rings. The van der Waals surface area contributed by atoms with E-state index in [1.165, 1.54) is 6.07 Å². The van der Waals surface area contributed by atoms with E-state index in [2.05, 4.69) is 9.97 Å². The van der Waals surface area contributed by atoms with Gasteiger partial charge in [0.2, 0.25) is 0 Å². The zero-order valence-corrected chi connectivity index (χ0v) is 14.4. The number of carbonyl (C=O) groups is 1. The van der Waals surface area contributed by atoms with E-state index in [1.807, 2.05) is 0 Å². The number of nitrogens with one attached hydrogen (secondary N) is 1. The van der Waals surface area contributed by atoms with Gasteiger partial charge in [0.1, 0.15) is 17.3 Å². The average molecular weight is 386 g/mol. The van der Waals surface area contributed by atoms with Crippen LogP contribution < -0.4 is 5.56 Å². The maximum atomic E-state index is 14.0. The first-order chi connectivity index (χ1) is 12.1. The van der Waals surface area contributed by atoms with E-state index < -0.39 is 39.0 Å². The number of aromatic amines is 1. The van der Waals surface area contributed by atoms with Gasteiger partial charge >= 0.3 is 5.51 Å². The average Bonchev–Trinajstić information content (AvgIpc) is 3.27. The summed E-state index contributed by atoms with van der Waals surface area (Å²) < 4.78 is 51.3. The first-order valence-corrected chi connectivity index (χ1v) is 8.57. The van der Waals surface area contributed by atoms with E-state index in [1.54, 1.807) is 6.92 Å². The summed E-state index contributed by atoms with van der Waals surface area (Å²) in [6.07, 6.45) is 1.26. The Morgan fingerprint density at radius 3 is 2.54 bits per heavy atom. The number of nitrogens with zero attached hydrogens (tertiary/aromatic N) is 1. The fraction of sp³-hybridized carbons (Fsp3) is 0.353. The molecule has 3 rings (SSSR count). The fourth-order valence-electron chi connectivity index (χ4n) is 2.88. The zero-order valence-electron chi connectivity index (χ0n) is 13.6. The number of thioether (sulfide) groups is 1. The largest absolute Gasteiger partial charge is 0.446 e. The van der Waals surface area contributed by atoms with Crippen LogP contribution in [0.1, 0.15) is 41.1 Å². The number of aryl methyl sites for hydroxylation is 1. The second kappa shape index (κ2) is 6.53. The molecular weight excluding hydrogens is 372 g/mol. The molecule has 0 bridgehead atoms. The maximum Gasteiger partial charge on any atom is 0.446 e. The molecule has 0 radical (unpaired) electrons. The van der Waals surface area contributed by atoms with Crippen LogP contribution in [0.15, 0.2) is 34.0 Å². The number of Topliss-reactive ketones (excluding diaryl/α,β-unsaturated/α-hetero) is 1. The second-order valence-electron chi connectivity index (χ2n) is 6.29. The predicted octanol–water partition coefficient (Wildman–Crippen LogP) is 4.13. The monoisotopic (exact) mass is 386 g/mol. The van der Waals surface area contributed by atoms with E-state index in [0.717, 1.165) is 18.2 Å². The molecule has 26 heavy (non-hydrogen) atoms. The molecule has 0 atom stereocenters. The molecule has 1 saturated carbocycles. The molecule has 1 aromatic carbocycles. The third-order valence-corrected chi connectivity index (χ3v) is 5.05. The standard InChI is InChI=1S/C17H14F4N2O2S/c1-9-22-12(7-15(25)23-9)13(24)8-16(4-5-16)10-2-3-14(11(18)6-10)26-17(19,20)21/h2-3,6-7H,4-5,8H2,1H3,(H,22,23,25). The molecule has 0 aliphatic heterocycles. The highest BCUT2D eigenvalue weighted by Gasteiger charge is 2.46. The normalized spacial score (nSPS) is 15.7.